The van der Waals surface area contributed by atoms with Crippen molar-refractivity contribution in [2.75, 3.05) is 0 Å². The number of fused-ring (bicyclic) bond motifs is 1. The van der Waals surface area contributed by atoms with Crippen molar-refractivity contribution in [2.24, 2.45) is 5.92 Å². The standard InChI is InChI=1S/C15H17NO/c17-11-13-5-6-15-14(9-13)7-8-16(15)10-12-3-1-2-4-12/h5-9,11-12H,1-4,10H2. The van der Waals surface area contributed by atoms with Crippen molar-refractivity contribution >= 4 is 17.2 Å². The minimum Gasteiger partial charge on any atom is -0.347 e. The molecule has 0 atom stereocenters. The first-order valence-electron chi connectivity index (χ1n) is 6.41. The van der Waals surface area contributed by atoms with Crippen molar-refractivity contribution in [3.05, 3.63) is 36.0 Å². The minimum absolute atomic E-state index is 0.760. The summed E-state index contributed by atoms with van der Waals surface area (Å²) in [4.78, 5) is 10.7. The molecule has 17 heavy (non-hydrogen) atoms. The van der Waals surface area contributed by atoms with E-state index in [0.29, 0.717) is 0 Å². The third-order valence-electron chi connectivity index (χ3n) is 3.86. The molecule has 0 saturated heterocycles. The summed E-state index contributed by atoms with van der Waals surface area (Å²) in [5.41, 5.74) is 2.01. The molecule has 0 unspecified atom stereocenters. The molecule has 0 amide bonds. The van der Waals surface area contributed by atoms with E-state index in [2.05, 4.69) is 22.9 Å². The van der Waals surface area contributed by atoms with E-state index in [0.717, 1.165) is 24.3 Å². The number of carbonyl (C=O) groups is 1. The van der Waals surface area contributed by atoms with Gasteiger partial charge in [0.15, 0.2) is 0 Å². The van der Waals surface area contributed by atoms with E-state index in [9.17, 15) is 4.79 Å². The summed E-state index contributed by atoms with van der Waals surface area (Å²) in [6.07, 6.45) is 8.57. The predicted octanol–water partition coefficient (Wildman–Crippen LogP) is 3.64. The second-order valence-electron chi connectivity index (χ2n) is 5.05. The monoisotopic (exact) mass is 227 g/mol. The lowest BCUT2D eigenvalue weighted by atomic mass is 10.1. The third kappa shape index (κ3) is 1.99. The Hall–Kier alpha value is -1.57. The van der Waals surface area contributed by atoms with Gasteiger partial charge < -0.3 is 4.57 Å². The van der Waals surface area contributed by atoms with Crippen LogP contribution in [0.1, 0.15) is 36.0 Å². The number of hydrogen-bond acceptors (Lipinski definition) is 1. The zero-order valence-electron chi connectivity index (χ0n) is 9.93. The van der Waals surface area contributed by atoms with Gasteiger partial charge >= 0.3 is 0 Å². The van der Waals surface area contributed by atoms with Crippen LogP contribution in [0, 0.1) is 5.92 Å². The van der Waals surface area contributed by atoms with Crippen LogP contribution in [0.3, 0.4) is 0 Å². The van der Waals surface area contributed by atoms with E-state index in [1.807, 2.05) is 12.1 Å². The van der Waals surface area contributed by atoms with E-state index in [1.165, 1.54) is 36.6 Å². The van der Waals surface area contributed by atoms with Gasteiger partial charge in [0.1, 0.15) is 6.29 Å². The molecule has 0 aliphatic heterocycles. The minimum atomic E-state index is 0.760. The van der Waals surface area contributed by atoms with Gasteiger partial charge in [0.25, 0.3) is 0 Å². The first kappa shape index (κ1) is 10.6. The van der Waals surface area contributed by atoms with Gasteiger partial charge in [-0.05, 0) is 43.0 Å². The highest BCUT2D eigenvalue weighted by Gasteiger charge is 2.16. The molecule has 1 aliphatic carbocycles. The summed E-state index contributed by atoms with van der Waals surface area (Å²) >= 11 is 0. The first-order chi connectivity index (χ1) is 8.36. The third-order valence-corrected chi connectivity index (χ3v) is 3.86. The van der Waals surface area contributed by atoms with Crippen molar-refractivity contribution in [3.63, 3.8) is 0 Å². The zero-order chi connectivity index (χ0) is 11.7. The fourth-order valence-electron chi connectivity index (χ4n) is 2.92. The van der Waals surface area contributed by atoms with E-state index >= 15 is 0 Å². The lowest BCUT2D eigenvalue weighted by Gasteiger charge is -2.11. The first-order valence-corrected chi connectivity index (χ1v) is 6.41. The largest absolute Gasteiger partial charge is 0.347 e. The number of hydrogen-bond donors (Lipinski definition) is 0. The summed E-state index contributed by atoms with van der Waals surface area (Å²) in [5.74, 6) is 0.844. The van der Waals surface area contributed by atoms with Gasteiger partial charge in [0.2, 0.25) is 0 Å². The summed E-state index contributed by atoms with van der Waals surface area (Å²) in [6, 6.07) is 8.04. The normalized spacial score (nSPS) is 16.7. The van der Waals surface area contributed by atoms with Crippen molar-refractivity contribution < 1.29 is 4.79 Å². The summed E-state index contributed by atoms with van der Waals surface area (Å²) < 4.78 is 2.33. The Bertz CT molecular complexity index is 535. The highest BCUT2D eigenvalue weighted by molar-refractivity contribution is 5.87. The molecule has 1 aliphatic rings. The Balaban J connectivity index is 1.91. The van der Waals surface area contributed by atoms with E-state index in [4.69, 9.17) is 0 Å². The highest BCUT2D eigenvalue weighted by Crippen LogP contribution is 2.28. The fraction of sp³-hybridized carbons (Fsp3) is 0.400. The van der Waals surface area contributed by atoms with Gasteiger partial charge in [-0.1, -0.05) is 12.8 Å². The van der Waals surface area contributed by atoms with Gasteiger partial charge in [0, 0.05) is 29.2 Å². The lowest BCUT2D eigenvalue weighted by Crippen LogP contribution is -2.05. The number of aldehydes is 1. The maximum atomic E-state index is 10.7. The van der Waals surface area contributed by atoms with Crippen LogP contribution in [-0.4, -0.2) is 10.9 Å². The average molecular weight is 227 g/mol. The number of benzene rings is 1. The topological polar surface area (TPSA) is 22.0 Å². The molecule has 1 aromatic carbocycles. The number of rotatable bonds is 3. The van der Waals surface area contributed by atoms with Crippen molar-refractivity contribution in [1.82, 2.24) is 4.57 Å². The Labute approximate surface area is 101 Å². The van der Waals surface area contributed by atoms with Crippen molar-refractivity contribution in [2.45, 2.75) is 32.2 Å². The molecule has 1 fully saturated rings. The van der Waals surface area contributed by atoms with Gasteiger partial charge in [-0.2, -0.15) is 0 Å². The fourth-order valence-corrected chi connectivity index (χ4v) is 2.92. The molecule has 3 rings (SSSR count). The summed E-state index contributed by atoms with van der Waals surface area (Å²) in [5, 5.41) is 1.17. The molecular formula is C15H17NO. The molecule has 2 nitrogen and oxygen atoms in total. The molecule has 88 valence electrons. The maximum Gasteiger partial charge on any atom is 0.150 e. The molecule has 0 N–H and O–H groups in total. The van der Waals surface area contributed by atoms with Crippen LogP contribution in [-0.2, 0) is 6.54 Å². The Kier molecular flexibility index (Phi) is 2.71. The molecule has 2 aromatic rings. The maximum absolute atomic E-state index is 10.7. The number of carbonyl (C=O) groups excluding carboxylic acids is 1. The van der Waals surface area contributed by atoms with Gasteiger partial charge in [0.05, 0.1) is 0 Å². The Morgan fingerprint density at radius 1 is 1.24 bits per heavy atom. The smallest absolute Gasteiger partial charge is 0.150 e. The average Bonchev–Trinajstić information content (AvgIpc) is 2.99. The van der Waals surface area contributed by atoms with Gasteiger partial charge in [-0.3, -0.25) is 4.79 Å². The number of nitrogens with zero attached hydrogens (tertiary/aromatic N) is 1. The molecule has 0 bridgehead atoms. The molecule has 2 heteroatoms. The Morgan fingerprint density at radius 3 is 2.82 bits per heavy atom. The lowest BCUT2D eigenvalue weighted by molar-refractivity contribution is 0.112. The molecule has 1 heterocycles. The molecule has 0 spiro atoms. The molecule has 1 saturated carbocycles. The second kappa shape index (κ2) is 4.36. The van der Waals surface area contributed by atoms with Crippen LogP contribution in [0.15, 0.2) is 30.5 Å². The molecular weight excluding hydrogens is 210 g/mol. The highest BCUT2D eigenvalue weighted by atomic mass is 16.1. The van der Waals surface area contributed by atoms with E-state index in [-0.39, 0.29) is 0 Å². The van der Waals surface area contributed by atoms with Crippen molar-refractivity contribution in [1.29, 1.82) is 0 Å². The number of aromatic nitrogens is 1. The Morgan fingerprint density at radius 2 is 2.06 bits per heavy atom. The summed E-state index contributed by atoms with van der Waals surface area (Å²) in [6.45, 7) is 1.13. The van der Waals surface area contributed by atoms with Gasteiger partial charge in [-0.15, -0.1) is 0 Å². The van der Waals surface area contributed by atoms with Crippen molar-refractivity contribution in [3.8, 4) is 0 Å². The van der Waals surface area contributed by atoms with Crippen LogP contribution in [0.25, 0.3) is 10.9 Å². The van der Waals surface area contributed by atoms with E-state index in [1.54, 1.807) is 0 Å². The van der Waals surface area contributed by atoms with Crippen LogP contribution in [0.4, 0.5) is 0 Å². The zero-order valence-corrected chi connectivity index (χ0v) is 9.93. The molecule has 0 radical (unpaired) electrons. The van der Waals surface area contributed by atoms with Crippen LogP contribution in [0.2, 0.25) is 0 Å². The molecule has 1 aromatic heterocycles. The summed E-state index contributed by atoms with van der Waals surface area (Å²) in [7, 11) is 0. The second-order valence-corrected chi connectivity index (χ2v) is 5.05. The van der Waals surface area contributed by atoms with Crippen LogP contribution in [0.5, 0.6) is 0 Å². The predicted molar refractivity (Wildman–Crippen MR) is 69.3 cm³/mol. The van der Waals surface area contributed by atoms with E-state index < -0.39 is 0 Å². The van der Waals surface area contributed by atoms with Gasteiger partial charge in [-0.25, -0.2) is 0 Å². The van der Waals surface area contributed by atoms with Crippen LogP contribution < -0.4 is 0 Å². The quantitative estimate of drug-likeness (QED) is 0.734. The van der Waals surface area contributed by atoms with Crippen LogP contribution >= 0.6 is 0 Å². The SMILES string of the molecule is O=Cc1ccc2c(ccn2CC2CCCC2)c1.